The van der Waals surface area contributed by atoms with Crippen LogP contribution in [-0.2, 0) is 10.8 Å². The Morgan fingerprint density at radius 1 is 0.193 bits per heavy atom. The lowest BCUT2D eigenvalue weighted by atomic mass is 9.56. The maximum Gasteiger partial charge on any atom is 0.164 e. The molecule has 2 aliphatic rings. The highest BCUT2D eigenvalue weighted by molar-refractivity contribution is 5.86. The highest BCUT2D eigenvalue weighted by atomic mass is 15.0. The maximum atomic E-state index is 5.93. The van der Waals surface area contributed by atoms with Gasteiger partial charge in [0.25, 0.3) is 0 Å². The highest BCUT2D eigenvalue weighted by Gasteiger charge is 2.49. The van der Waals surface area contributed by atoms with E-state index in [1.165, 1.54) is 66.8 Å². The first-order chi connectivity index (χ1) is 43.7. The molecule has 0 unspecified atom stereocenters. The van der Waals surface area contributed by atoms with Crippen molar-refractivity contribution in [1.29, 1.82) is 0 Å². The van der Waals surface area contributed by atoms with E-state index in [1.54, 1.807) is 0 Å². The van der Waals surface area contributed by atoms with Crippen molar-refractivity contribution in [2.75, 3.05) is 0 Å². The summed E-state index contributed by atoms with van der Waals surface area (Å²) in [5, 5.41) is 0. The monoisotopic (exact) mass is 1120 g/mol. The molecule has 0 fully saturated rings. The molecule has 0 saturated heterocycles. The first-order valence-electron chi connectivity index (χ1n) is 30.5. The number of fused-ring (bicyclic) bond motifs is 4. The zero-order chi connectivity index (χ0) is 58.4. The Hall–Kier alpha value is -11.1. The van der Waals surface area contributed by atoms with Crippen LogP contribution in [0.1, 0.15) is 89.7 Å². The number of aromatic nitrogens is 3. The highest BCUT2D eigenvalue weighted by Crippen LogP contribution is 2.60. The lowest BCUT2D eigenvalue weighted by Gasteiger charge is -2.45. The minimum absolute atomic E-state index is 0.249. The van der Waals surface area contributed by atoms with E-state index in [1.807, 2.05) is 0 Å². The first kappa shape index (κ1) is 52.4. The third-order valence-corrected chi connectivity index (χ3v) is 18.6. The van der Waals surface area contributed by atoms with Crippen molar-refractivity contribution < 1.29 is 0 Å². The van der Waals surface area contributed by atoms with Crippen molar-refractivity contribution in [3.63, 3.8) is 0 Å². The van der Waals surface area contributed by atoms with Gasteiger partial charge in [-0.25, -0.2) is 15.0 Å². The second-order valence-electron chi connectivity index (χ2n) is 23.1. The predicted octanol–water partition coefficient (Wildman–Crippen LogP) is 20.0. The van der Waals surface area contributed by atoms with E-state index in [4.69, 9.17) is 15.0 Å². The van der Waals surface area contributed by atoms with Gasteiger partial charge >= 0.3 is 0 Å². The van der Waals surface area contributed by atoms with Crippen LogP contribution < -0.4 is 0 Å². The SMILES string of the molecule is c1ccc(-c2nc(-c3cccc(-c4ccccc4)c3C3c4ccccc4C(c4ccccc4)(c4ccccc4)c4ccccc43)nc(-c3cccc(-c4ccccc4)c3C3c4ccccc4C(c4ccccc4)(c4ccccc4)c4ccccc43)n2)cc1. The summed E-state index contributed by atoms with van der Waals surface area (Å²) in [4.78, 5) is 17.3. The molecular formula is C85H59N3. The molecule has 0 amide bonds. The second-order valence-corrected chi connectivity index (χ2v) is 23.1. The van der Waals surface area contributed by atoms with Crippen LogP contribution >= 0.6 is 0 Å². The van der Waals surface area contributed by atoms with E-state index in [-0.39, 0.29) is 11.8 Å². The van der Waals surface area contributed by atoms with E-state index in [2.05, 4.69) is 346 Å². The Bertz CT molecular complexity index is 4370. The van der Waals surface area contributed by atoms with Gasteiger partial charge in [0.1, 0.15) is 0 Å². The third-order valence-electron chi connectivity index (χ3n) is 18.6. The van der Waals surface area contributed by atoms with Crippen LogP contribution in [0.2, 0.25) is 0 Å². The van der Waals surface area contributed by atoms with Crippen LogP contribution in [0, 0.1) is 0 Å². The molecule has 3 heteroatoms. The molecule has 0 atom stereocenters. The molecule has 0 saturated carbocycles. The van der Waals surface area contributed by atoms with E-state index in [0.29, 0.717) is 17.5 Å². The summed E-state index contributed by atoms with van der Waals surface area (Å²) in [7, 11) is 0. The van der Waals surface area contributed by atoms with Gasteiger partial charge in [0.05, 0.1) is 10.8 Å². The lowest BCUT2D eigenvalue weighted by molar-refractivity contribution is 0.681. The van der Waals surface area contributed by atoms with Gasteiger partial charge in [-0.3, -0.25) is 0 Å². The largest absolute Gasteiger partial charge is 0.208 e. The molecule has 0 aliphatic heterocycles. The van der Waals surface area contributed by atoms with Crippen molar-refractivity contribution in [3.8, 4) is 56.4 Å². The Balaban J connectivity index is 0.989. The molecule has 0 spiro atoms. The summed E-state index contributed by atoms with van der Waals surface area (Å²) >= 11 is 0. The molecule has 14 aromatic rings. The second kappa shape index (κ2) is 22.1. The fourth-order valence-corrected chi connectivity index (χ4v) is 15.2. The van der Waals surface area contributed by atoms with E-state index in [0.717, 1.165) is 50.1 Å². The van der Waals surface area contributed by atoms with Crippen molar-refractivity contribution >= 4 is 0 Å². The zero-order valence-electron chi connectivity index (χ0n) is 48.4. The Morgan fingerprint density at radius 3 is 0.739 bits per heavy atom. The molecule has 0 bridgehead atoms. The summed E-state index contributed by atoms with van der Waals surface area (Å²) < 4.78 is 0. The van der Waals surface area contributed by atoms with Gasteiger partial charge in [0.2, 0.25) is 0 Å². The molecule has 1 heterocycles. The maximum absolute atomic E-state index is 5.93. The summed E-state index contributed by atoms with van der Waals surface area (Å²) in [5.74, 6) is 1.30. The smallest absolute Gasteiger partial charge is 0.164 e. The van der Waals surface area contributed by atoms with Crippen LogP contribution in [0.4, 0.5) is 0 Å². The molecule has 1 aromatic heterocycles. The van der Waals surface area contributed by atoms with Crippen molar-refractivity contribution in [2.24, 2.45) is 0 Å². The van der Waals surface area contributed by atoms with Gasteiger partial charge in [-0.05, 0) is 100 Å². The van der Waals surface area contributed by atoms with Crippen LogP contribution in [-0.4, -0.2) is 15.0 Å². The average Bonchev–Trinajstić information content (AvgIpc) is 0.861. The van der Waals surface area contributed by atoms with Gasteiger partial charge < -0.3 is 0 Å². The normalized spacial score (nSPS) is 13.8. The Morgan fingerprint density at radius 2 is 0.432 bits per heavy atom. The third kappa shape index (κ3) is 8.37. The molecule has 2 aliphatic carbocycles. The minimum atomic E-state index is -0.632. The fraction of sp³-hybridized carbons (Fsp3) is 0.0471. The van der Waals surface area contributed by atoms with Gasteiger partial charge in [-0.1, -0.05) is 346 Å². The fourth-order valence-electron chi connectivity index (χ4n) is 15.2. The van der Waals surface area contributed by atoms with E-state index >= 15 is 0 Å². The summed E-state index contributed by atoms with van der Waals surface area (Å²) in [5.41, 5.74) is 23.0. The first-order valence-corrected chi connectivity index (χ1v) is 30.5. The molecular weight excluding hydrogens is 1060 g/mol. The van der Waals surface area contributed by atoms with E-state index in [9.17, 15) is 0 Å². The van der Waals surface area contributed by atoms with Crippen LogP contribution in [0.5, 0.6) is 0 Å². The molecule has 0 radical (unpaired) electrons. The number of hydrogen-bond donors (Lipinski definition) is 0. The van der Waals surface area contributed by atoms with Gasteiger partial charge in [0.15, 0.2) is 17.5 Å². The topological polar surface area (TPSA) is 38.7 Å². The van der Waals surface area contributed by atoms with Crippen molar-refractivity contribution in [1.82, 2.24) is 15.0 Å². The lowest BCUT2D eigenvalue weighted by Crippen LogP contribution is -2.37. The quantitative estimate of drug-likeness (QED) is 0.130. The molecule has 0 N–H and O–H groups in total. The van der Waals surface area contributed by atoms with Gasteiger partial charge in [-0.15, -0.1) is 0 Å². The van der Waals surface area contributed by atoms with Crippen LogP contribution in [0.25, 0.3) is 56.4 Å². The Kier molecular flexibility index (Phi) is 13.1. The zero-order valence-corrected chi connectivity index (χ0v) is 48.4. The average molecular weight is 1120 g/mol. The number of rotatable bonds is 11. The molecule has 13 aromatic carbocycles. The molecule has 88 heavy (non-hydrogen) atoms. The van der Waals surface area contributed by atoms with Crippen LogP contribution in [0.15, 0.2) is 346 Å². The number of nitrogens with zero attached hydrogens (tertiary/aromatic N) is 3. The molecule has 16 rings (SSSR count). The predicted molar refractivity (Wildman–Crippen MR) is 358 cm³/mol. The number of hydrogen-bond acceptors (Lipinski definition) is 3. The molecule has 3 nitrogen and oxygen atoms in total. The van der Waals surface area contributed by atoms with Crippen LogP contribution in [0.3, 0.4) is 0 Å². The van der Waals surface area contributed by atoms with Gasteiger partial charge in [0, 0.05) is 28.5 Å². The Labute approximate surface area is 514 Å². The summed E-state index contributed by atoms with van der Waals surface area (Å²) in [6.07, 6.45) is 0. The molecule has 414 valence electrons. The van der Waals surface area contributed by atoms with E-state index < -0.39 is 10.8 Å². The van der Waals surface area contributed by atoms with Crippen molar-refractivity contribution in [3.05, 3.63) is 424 Å². The standard InChI is InChI=1S/C85H59N3/c1-8-32-58(33-9-1)65-50-30-52-71(77(65)79-67-46-22-26-54-73(67)84(61-38-14-4-15-39-61,62-40-16-5-17-41-62)74-55-27-23-47-68(74)79)82-86-81(60-36-12-3-13-37-60)87-83(88-82)72-53-31-51-66(59-34-10-2-11-35-59)78(72)80-69-48-24-28-56-75(69)85(63-42-18-6-19-43-63,64-44-20-7-21-45-64)76-57-29-25-49-70(76)80/h1-57,79-80H. The summed E-state index contributed by atoms with van der Waals surface area (Å²) in [6, 6.07) is 127. The summed E-state index contributed by atoms with van der Waals surface area (Å²) in [6.45, 7) is 0. The minimum Gasteiger partial charge on any atom is -0.208 e. The number of benzene rings is 13. The van der Waals surface area contributed by atoms with Gasteiger partial charge in [-0.2, -0.15) is 0 Å². The van der Waals surface area contributed by atoms with Crippen molar-refractivity contribution in [2.45, 2.75) is 22.7 Å².